The summed E-state index contributed by atoms with van der Waals surface area (Å²) in [6.45, 7) is 5.61. The molecule has 118 valence electrons. The van der Waals surface area contributed by atoms with Crippen molar-refractivity contribution in [1.29, 1.82) is 0 Å². The largest absolute Gasteiger partial charge is 0.356 e. The van der Waals surface area contributed by atoms with Gasteiger partial charge in [0.05, 0.1) is 0 Å². The number of piperidine rings is 1. The van der Waals surface area contributed by atoms with Gasteiger partial charge in [0.25, 0.3) is 0 Å². The van der Waals surface area contributed by atoms with Crippen molar-refractivity contribution in [2.75, 3.05) is 26.7 Å². The SMILES string of the molecule is CN=C(NCCCc1ccccc1)N1CCC(C)CC1.I. The zero-order chi connectivity index (χ0) is 14.2. The Labute approximate surface area is 146 Å². The van der Waals surface area contributed by atoms with E-state index in [0.717, 1.165) is 44.4 Å². The summed E-state index contributed by atoms with van der Waals surface area (Å²) < 4.78 is 0. The maximum atomic E-state index is 4.41. The summed E-state index contributed by atoms with van der Waals surface area (Å²) in [4.78, 5) is 6.80. The predicted molar refractivity (Wildman–Crippen MR) is 102 cm³/mol. The zero-order valence-corrected chi connectivity index (χ0v) is 15.5. The number of nitrogens with zero attached hydrogens (tertiary/aromatic N) is 2. The number of nitrogens with one attached hydrogen (secondary N) is 1. The van der Waals surface area contributed by atoms with Crippen molar-refractivity contribution in [1.82, 2.24) is 10.2 Å². The first-order chi connectivity index (χ1) is 9.79. The van der Waals surface area contributed by atoms with Gasteiger partial charge in [-0.05, 0) is 37.2 Å². The Morgan fingerprint density at radius 1 is 1.24 bits per heavy atom. The first-order valence-corrected chi connectivity index (χ1v) is 7.79. The number of guanidine groups is 1. The number of likely N-dealkylation sites (tertiary alicyclic amines) is 1. The van der Waals surface area contributed by atoms with Gasteiger partial charge >= 0.3 is 0 Å². The van der Waals surface area contributed by atoms with Gasteiger partial charge in [-0.3, -0.25) is 4.99 Å². The second-order valence-electron chi connectivity index (χ2n) is 5.73. The van der Waals surface area contributed by atoms with Crippen LogP contribution in [0.2, 0.25) is 0 Å². The van der Waals surface area contributed by atoms with Gasteiger partial charge in [0.15, 0.2) is 5.96 Å². The van der Waals surface area contributed by atoms with E-state index in [1.807, 2.05) is 7.05 Å². The molecule has 0 spiro atoms. The Morgan fingerprint density at radius 3 is 2.52 bits per heavy atom. The van der Waals surface area contributed by atoms with Crippen LogP contribution in [0.25, 0.3) is 0 Å². The smallest absolute Gasteiger partial charge is 0.193 e. The molecule has 1 N–H and O–H groups in total. The predicted octanol–water partition coefficient (Wildman–Crippen LogP) is 3.54. The van der Waals surface area contributed by atoms with Gasteiger partial charge in [0, 0.05) is 26.7 Å². The van der Waals surface area contributed by atoms with E-state index in [1.54, 1.807) is 0 Å². The maximum absolute atomic E-state index is 4.41. The fourth-order valence-corrected chi connectivity index (χ4v) is 2.69. The Hall–Kier alpha value is -0.780. The molecule has 1 aromatic carbocycles. The van der Waals surface area contributed by atoms with Crippen LogP contribution in [-0.4, -0.2) is 37.5 Å². The van der Waals surface area contributed by atoms with Crippen molar-refractivity contribution >= 4 is 29.9 Å². The Kier molecular flexibility index (Phi) is 8.73. The molecule has 0 aliphatic carbocycles. The highest BCUT2D eigenvalue weighted by Crippen LogP contribution is 2.15. The van der Waals surface area contributed by atoms with Crippen molar-refractivity contribution < 1.29 is 0 Å². The third kappa shape index (κ3) is 6.24. The van der Waals surface area contributed by atoms with E-state index in [4.69, 9.17) is 0 Å². The van der Waals surface area contributed by atoms with E-state index < -0.39 is 0 Å². The molecule has 0 atom stereocenters. The van der Waals surface area contributed by atoms with Gasteiger partial charge in [-0.1, -0.05) is 37.3 Å². The van der Waals surface area contributed by atoms with Crippen molar-refractivity contribution in [3.8, 4) is 0 Å². The highest BCUT2D eigenvalue weighted by Gasteiger charge is 2.17. The van der Waals surface area contributed by atoms with E-state index in [9.17, 15) is 0 Å². The van der Waals surface area contributed by atoms with Crippen LogP contribution in [0.5, 0.6) is 0 Å². The fraction of sp³-hybridized carbons (Fsp3) is 0.588. The Bertz CT molecular complexity index is 411. The molecule has 1 aliphatic rings. The number of aliphatic imine (C=N–C) groups is 1. The summed E-state index contributed by atoms with van der Waals surface area (Å²) in [5.74, 6) is 1.94. The van der Waals surface area contributed by atoms with E-state index in [0.29, 0.717) is 0 Å². The molecule has 4 heteroatoms. The molecule has 0 saturated carbocycles. The van der Waals surface area contributed by atoms with E-state index in [-0.39, 0.29) is 24.0 Å². The molecule has 1 heterocycles. The summed E-state index contributed by atoms with van der Waals surface area (Å²) >= 11 is 0. The number of hydrogen-bond donors (Lipinski definition) is 1. The molecule has 0 aromatic heterocycles. The molecule has 3 nitrogen and oxygen atoms in total. The van der Waals surface area contributed by atoms with Gasteiger partial charge in [0.1, 0.15) is 0 Å². The summed E-state index contributed by atoms with van der Waals surface area (Å²) in [7, 11) is 1.89. The summed E-state index contributed by atoms with van der Waals surface area (Å²) in [5.41, 5.74) is 1.41. The van der Waals surface area contributed by atoms with E-state index in [1.165, 1.54) is 18.4 Å². The van der Waals surface area contributed by atoms with Crippen LogP contribution in [-0.2, 0) is 6.42 Å². The molecule has 0 unspecified atom stereocenters. The molecule has 21 heavy (non-hydrogen) atoms. The molecular weight excluding hydrogens is 373 g/mol. The van der Waals surface area contributed by atoms with Gasteiger partial charge in [-0.15, -0.1) is 24.0 Å². The van der Waals surface area contributed by atoms with Gasteiger partial charge < -0.3 is 10.2 Å². The topological polar surface area (TPSA) is 27.6 Å². The Balaban J connectivity index is 0.00000220. The van der Waals surface area contributed by atoms with Crippen LogP contribution in [0.1, 0.15) is 31.7 Å². The third-order valence-corrected chi connectivity index (χ3v) is 4.06. The highest BCUT2D eigenvalue weighted by atomic mass is 127. The Morgan fingerprint density at radius 2 is 1.90 bits per heavy atom. The lowest BCUT2D eigenvalue weighted by Gasteiger charge is -2.32. The van der Waals surface area contributed by atoms with Crippen LogP contribution in [0, 0.1) is 5.92 Å². The van der Waals surface area contributed by atoms with Crippen molar-refractivity contribution in [3.05, 3.63) is 35.9 Å². The maximum Gasteiger partial charge on any atom is 0.193 e. The number of halogens is 1. The lowest BCUT2D eigenvalue weighted by atomic mass is 10.00. The quantitative estimate of drug-likeness (QED) is 0.362. The normalized spacial score (nSPS) is 16.5. The molecule has 1 aliphatic heterocycles. The monoisotopic (exact) mass is 401 g/mol. The lowest BCUT2D eigenvalue weighted by Crippen LogP contribution is -2.45. The number of benzene rings is 1. The fourth-order valence-electron chi connectivity index (χ4n) is 2.69. The number of hydrogen-bond acceptors (Lipinski definition) is 1. The highest BCUT2D eigenvalue weighted by molar-refractivity contribution is 14.0. The minimum absolute atomic E-state index is 0. The van der Waals surface area contributed by atoms with Crippen LogP contribution < -0.4 is 5.32 Å². The second kappa shape index (κ2) is 10.0. The van der Waals surface area contributed by atoms with Crippen LogP contribution in [0.15, 0.2) is 35.3 Å². The minimum atomic E-state index is 0. The molecule has 0 amide bonds. The standard InChI is InChI=1S/C17H27N3.HI/c1-15-10-13-20(14-11-15)17(18-2)19-12-6-9-16-7-4-3-5-8-16;/h3-5,7-8,15H,6,9-14H2,1-2H3,(H,18,19);1H. The molecular formula is C17H28IN3. The first kappa shape index (κ1) is 18.3. The van der Waals surface area contributed by atoms with Crippen LogP contribution in [0.3, 0.4) is 0 Å². The number of rotatable bonds is 4. The summed E-state index contributed by atoms with van der Waals surface area (Å²) in [5, 5.41) is 3.50. The average Bonchev–Trinajstić information content (AvgIpc) is 2.50. The molecule has 0 bridgehead atoms. The zero-order valence-electron chi connectivity index (χ0n) is 13.2. The van der Waals surface area contributed by atoms with Crippen molar-refractivity contribution in [2.45, 2.75) is 32.6 Å². The molecule has 1 fully saturated rings. The van der Waals surface area contributed by atoms with Gasteiger partial charge in [-0.25, -0.2) is 0 Å². The molecule has 2 rings (SSSR count). The van der Waals surface area contributed by atoms with Gasteiger partial charge in [-0.2, -0.15) is 0 Å². The van der Waals surface area contributed by atoms with Crippen molar-refractivity contribution in [3.63, 3.8) is 0 Å². The second-order valence-corrected chi connectivity index (χ2v) is 5.73. The van der Waals surface area contributed by atoms with E-state index >= 15 is 0 Å². The lowest BCUT2D eigenvalue weighted by molar-refractivity contribution is 0.273. The molecule has 1 aromatic rings. The third-order valence-electron chi connectivity index (χ3n) is 4.06. The average molecular weight is 401 g/mol. The first-order valence-electron chi connectivity index (χ1n) is 7.79. The number of aryl methyl sites for hydroxylation is 1. The molecule has 0 radical (unpaired) electrons. The van der Waals surface area contributed by atoms with Crippen LogP contribution >= 0.6 is 24.0 Å². The van der Waals surface area contributed by atoms with Gasteiger partial charge in [0.2, 0.25) is 0 Å². The van der Waals surface area contributed by atoms with Crippen molar-refractivity contribution in [2.24, 2.45) is 10.9 Å². The molecule has 1 saturated heterocycles. The van der Waals surface area contributed by atoms with E-state index in [2.05, 4.69) is 52.5 Å². The summed E-state index contributed by atoms with van der Waals surface area (Å²) in [6, 6.07) is 10.7. The summed E-state index contributed by atoms with van der Waals surface area (Å²) in [6.07, 6.45) is 4.84. The van der Waals surface area contributed by atoms with Crippen LogP contribution in [0.4, 0.5) is 0 Å². The minimum Gasteiger partial charge on any atom is -0.356 e.